The van der Waals surface area contributed by atoms with Gasteiger partial charge in [0, 0.05) is 0 Å². The minimum absolute atomic E-state index is 0.119. The molecule has 2 aromatic rings. The number of nitrogens with two attached hydrogens (primary N) is 1. The van der Waals surface area contributed by atoms with E-state index in [4.69, 9.17) is 17.3 Å². The fourth-order valence-corrected chi connectivity index (χ4v) is 1.79. The topological polar surface area (TPSA) is 60.9 Å². The molecule has 2 N–H and O–H groups in total. The van der Waals surface area contributed by atoms with Gasteiger partial charge in [-0.25, -0.2) is 4.98 Å². The maximum absolute atomic E-state index is 11.9. The molecule has 0 bridgehead atoms. The Morgan fingerprint density at radius 2 is 2.13 bits per heavy atom. The van der Waals surface area contributed by atoms with Gasteiger partial charge in [0.2, 0.25) is 5.28 Å². The number of para-hydroxylation sites is 1. The lowest BCUT2D eigenvalue weighted by atomic mass is 10.2. The number of hydrogen-bond acceptors (Lipinski definition) is 3. The third-order valence-electron chi connectivity index (χ3n) is 2.17. The fourth-order valence-electron chi connectivity index (χ4n) is 1.47. The van der Waals surface area contributed by atoms with E-state index < -0.39 is 6.17 Å². The zero-order valence-corrected chi connectivity index (χ0v) is 8.90. The summed E-state index contributed by atoms with van der Waals surface area (Å²) in [6.07, 6.45) is -0.484. The van der Waals surface area contributed by atoms with Gasteiger partial charge in [-0.05, 0) is 30.7 Å². The summed E-state index contributed by atoms with van der Waals surface area (Å²) in [5.74, 6) is 0. The summed E-state index contributed by atoms with van der Waals surface area (Å²) < 4.78 is 1.27. The molecule has 0 saturated heterocycles. The van der Waals surface area contributed by atoms with Gasteiger partial charge in [-0.1, -0.05) is 12.1 Å². The van der Waals surface area contributed by atoms with E-state index in [0.29, 0.717) is 10.9 Å². The maximum atomic E-state index is 11.9. The van der Waals surface area contributed by atoms with Gasteiger partial charge in [0.15, 0.2) is 0 Å². The first-order chi connectivity index (χ1) is 7.11. The first kappa shape index (κ1) is 10.1. The molecule has 0 fully saturated rings. The number of hydrogen-bond donors (Lipinski definition) is 1. The standard InChI is InChI=1S/C10H10ClN3O/c1-6(12)14-9(15)7-4-2-3-5-8(7)13-10(14)11/h2-6H,12H2,1H3. The van der Waals surface area contributed by atoms with Crippen LogP contribution >= 0.6 is 11.6 Å². The Kier molecular flexibility index (Phi) is 2.46. The second-order valence-electron chi connectivity index (χ2n) is 3.31. The molecule has 0 saturated carbocycles. The van der Waals surface area contributed by atoms with Crippen LogP contribution in [0.1, 0.15) is 13.1 Å². The summed E-state index contributed by atoms with van der Waals surface area (Å²) in [6, 6.07) is 7.04. The van der Waals surface area contributed by atoms with Crippen LogP contribution in [0, 0.1) is 0 Å². The lowest BCUT2D eigenvalue weighted by Gasteiger charge is -2.12. The van der Waals surface area contributed by atoms with Crippen molar-refractivity contribution in [2.45, 2.75) is 13.1 Å². The molecule has 1 aromatic carbocycles. The Morgan fingerprint density at radius 1 is 1.47 bits per heavy atom. The van der Waals surface area contributed by atoms with Gasteiger partial charge in [0.1, 0.15) is 0 Å². The van der Waals surface area contributed by atoms with E-state index in [2.05, 4.69) is 4.98 Å². The van der Waals surface area contributed by atoms with Gasteiger partial charge in [-0.15, -0.1) is 0 Å². The predicted molar refractivity (Wildman–Crippen MR) is 59.9 cm³/mol. The third kappa shape index (κ3) is 1.62. The van der Waals surface area contributed by atoms with Gasteiger partial charge in [-0.3, -0.25) is 9.36 Å². The van der Waals surface area contributed by atoms with Crippen LogP contribution in [-0.4, -0.2) is 9.55 Å². The van der Waals surface area contributed by atoms with Crippen molar-refractivity contribution < 1.29 is 0 Å². The molecule has 1 aromatic heterocycles. The van der Waals surface area contributed by atoms with Gasteiger partial charge >= 0.3 is 0 Å². The van der Waals surface area contributed by atoms with Crippen LogP contribution in [0.15, 0.2) is 29.1 Å². The average Bonchev–Trinajstić information content (AvgIpc) is 2.17. The molecule has 0 aliphatic rings. The molecule has 2 rings (SSSR count). The Bertz CT molecular complexity index is 562. The van der Waals surface area contributed by atoms with Crippen molar-refractivity contribution in [3.63, 3.8) is 0 Å². The molecule has 4 nitrogen and oxygen atoms in total. The molecule has 0 aliphatic carbocycles. The molecule has 1 atom stereocenters. The minimum Gasteiger partial charge on any atom is -0.311 e. The van der Waals surface area contributed by atoms with E-state index in [0.717, 1.165) is 0 Å². The Balaban J connectivity index is 2.91. The number of rotatable bonds is 1. The summed E-state index contributed by atoms with van der Waals surface area (Å²) in [6.45, 7) is 1.68. The van der Waals surface area contributed by atoms with Crippen molar-refractivity contribution in [2.75, 3.05) is 0 Å². The van der Waals surface area contributed by atoms with Crippen LogP contribution in [0.4, 0.5) is 0 Å². The highest BCUT2D eigenvalue weighted by Crippen LogP contribution is 2.12. The molecule has 1 heterocycles. The van der Waals surface area contributed by atoms with Gasteiger partial charge in [-0.2, -0.15) is 0 Å². The van der Waals surface area contributed by atoms with Crippen LogP contribution in [-0.2, 0) is 0 Å². The number of halogens is 1. The van der Waals surface area contributed by atoms with Gasteiger partial charge in [0.25, 0.3) is 5.56 Å². The van der Waals surface area contributed by atoms with Crippen molar-refractivity contribution in [1.29, 1.82) is 0 Å². The number of benzene rings is 1. The monoisotopic (exact) mass is 223 g/mol. The smallest absolute Gasteiger partial charge is 0.263 e. The predicted octanol–water partition coefficient (Wildman–Crippen LogP) is 1.53. The van der Waals surface area contributed by atoms with Crippen molar-refractivity contribution >= 4 is 22.5 Å². The summed E-state index contributed by atoms with van der Waals surface area (Å²) in [4.78, 5) is 16.1. The first-order valence-corrected chi connectivity index (χ1v) is 4.91. The van der Waals surface area contributed by atoms with Gasteiger partial charge < -0.3 is 5.73 Å². The molecule has 0 aliphatic heterocycles. The van der Waals surface area contributed by atoms with E-state index in [1.165, 1.54) is 4.57 Å². The SMILES string of the molecule is CC(N)n1c(Cl)nc2ccccc2c1=O. The van der Waals surface area contributed by atoms with Crippen LogP contribution in [0.2, 0.25) is 5.28 Å². The summed E-state index contributed by atoms with van der Waals surface area (Å²) >= 11 is 5.88. The molecular formula is C10H10ClN3O. The Labute approximate surface area is 91.3 Å². The highest BCUT2D eigenvalue weighted by atomic mass is 35.5. The average molecular weight is 224 g/mol. The molecule has 0 spiro atoms. The number of fused-ring (bicyclic) bond motifs is 1. The normalized spacial score (nSPS) is 13.0. The molecule has 5 heteroatoms. The van der Waals surface area contributed by atoms with Crippen LogP contribution < -0.4 is 11.3 Å². The molecule has 78 valence electrons. The van der Waals surface area contributed by atoms with Crippen LogP contribution in [0.25, 0.3) is 10.9 Å². The van der Waals surface area contributed by atoms with E-state index >= 15 is 0 Å². The highest BCUT2D eigenvalue weighted by Gasteiger charge is 2.10. The van der Waals surface area contributed by atoms with E-state index in [1.807, 2.05) is 0 Å². The van der Waals surface area contributed by atoms with E-state index in [1.54, 1.807) is 31.2 Å². The zero-order valence-electron chi connectivity index (χ0n) is 8.14. The summed E-state index contributed by atoms with van der Waals surface area (Å²) in [5, 5.41) is 0.646. The van der Waals surface area contributed by atoms with Crippen molar-refractivity contribution in [1.82, 2.24) is 9.55 Å². The molecule has 0 radical (unpaired) electrons. The highest BCUT2D eigenvalue weighted by molar-refractivity contribution is 6.28. The fraction of sp³-hybridized carbons (Fsp3) is 0.200. The summed E-state index contributed by atoms with van der Waals surface area (Å²) in [7, 11) is 0. The largest absolute Gasteiger partial charge is 0.311 e. The quantitative estimate of drug-likeness (QED) is 0.746. The number of aromatic nitrogens is 2. The molecule has 1 unspecified atom stereocenters. The van der Waals surface area contributed by atoms with Crippen molar-refractivity contribution in [3.8, 4) is 0 Å². The van der Waals surface area contributed by atoms with Crippen LogP contribution in [0.5, 0.6) is 0 Å². The van der Waals surface area contributed by atoms with Crippen LogP contribution in [0.3, 0.4) is 0 Å². The van der Waals surface area contributed by atoms with E-state index in [-0.39, 0.29) is 10.8 Å². The lowest BCUT2D eigenvalue weighted by Crippen LogP contribution is -2.29. The molecule has 15 heavy (non-hydrogen) atoms. The van der Waals surface area contributed by atoms with E-state index in [9.17, 15) is 4.79 Å². The molecule has 0 amide bonds. The molecular weight excluding hydrogens is 214 g/mol. The van der Waals surface area contributed by atoms with Crippen molar-refractivity contribution in [3.05, 3.63) is 39.9 Å². The third-order valence-corrected chi connectivity index (χ3v) is 2.44. The number of nitrogens with zero attached hydrogens (tertiary/aromatic N) is 2. The second-order valence-corrected chi connectivity index (χ2v) is 3.65. The lowest BCUT2D eigenvalue weighted by molar-refractivity contribution is 0.548. The first-order valence-electron chi connectivity index (χ1n) is 4.53. The van der Waals surface area contributed by atoms with Crippen molar-refractivity contribution in [2.24, 2.45) is 5.73 Å². The second kappa shape index (κ2) is 3.64. The minimum atomic E-state index is -0.484. The maximum Gasteiger partial charge on any atom is 0.263 e. The summed E-state index contributed by atoms with van der Waals surface area (Å²) in [5.41, 5.74) is 6.02. The Morgan fingerprint density at radius 3 is 2.80 bits per heavy atom. The zero-order chi connectivity index (χ0) is 11.0. The van der Waals surface area contributed by atoms with Gasteiger partial charge in [0.05, 0.1) is 17.1 Å². The Hall–Kier alpha value is -1.39.